The number of ether oxygens (including phenoxy) is 1. The number of carbonyl (C=O) groups excluding carboxylic acids is 1. The van der Waals surface area contributed by atoms with Gasteiger partial charge in [0.25, 0.3) is 5.91 Å². The van der Waals surface area contributed by atoms with Crippen LogP contribution in [0.2, 0.25) is 0 Å². The molecule has 5 heteroatoms. The zero-order chi connectivity index (χ0) is 10.8. The summed E-state index contributed by atoms with van der Waals surface area (Å²) < 4.78 is 5.04. The van der Waals surface area contributed by atoms with Gasteiger partial charge in [-0.25, -0.2) is 0 Å². The quantitative estimate of drug-likeness (QED) is 0.645. The van der Waals surface area contributed by atoms with Crippen LogP contribution in [0.4, 0.5) is 17.1 Å². The van der Waals surface area contributed by atoms with Gasteiger partial charge in [-0.2, -0.15) is 0 Å². The number of nitrogens with two attached hydrogens (primary N) is 2. The number of hydrogen-bond acceptors (Lipinski definition) is 4. The second kappa shape index (κ2) is 3.78. The van der Waals surface area contributed by atoms with Gasteiger partial charge in [0, 0.05) is 12.2 Å². The summed E-state index contributed by atoms with van der Waals surface area (Å²) in [6.07, 6.45) is 0. The van der Waals surface area contributed by atoms with E-state index < -0.39 is 0 Å². The van der Waals surface area contributed by atoms with Crippen LogP contribution in [0.25, 0.3) is 0 Å². The van der Waals surface area contributed by atoms with Gasteiger partial charge in [-0.3, -0.25) is 4.79 Å². The SMILES string of the molecule is Nc1ccc(N2CCOCC2=O)c(N)c1. The highest BCUT2D eigenvalue weighted by Crippen LogP contribution is 2.26. The highest BCUT2D eigenvalue weighted by molar-refractivity contribution is 5.98. The van der Waals surface area contributed by atoms with Crippen molar-refractivity contribution in [3.05, 3.63) is 18.2 Å². The van der Waals surface area contributed by atoms with Crippen molar-refractivity contribution in [2.75, 3.05) is 36.1 Å². The molecule has 1 fully saturated rings. The number of nitrogen functional groups attached to an aromatic ring is 2. The molecule has 1 aliphatic heterocycles. The Morgan fingerprint density at radius 1 is 1.33 bits per heavy atom. The third-order valence-corrected chi connectivity index (χ3v) is 2.33. The number of carbonyl (C=O) groups is 1. The third kappa shape index (κ3) is 1.87. The average molecular weight is 207 g/mol. The number of amides is 1. The van der Waals surface area contributed by atoms with Crippen molar-refractivity contribution in [1.82, 2.24) is 0 Å². The van der Waals surface area contributed by atoms with Crippen LogP contribution in [0.5, 0.6) is 0 Å². The first-order chi connectivity index (χ1) is 7.18. The minimum atomic E-state index is -0.0716. The molecule has 1 aliphatic rings. The van der Waals surface area contributed by atoms with E-state index >= 15 is 0 Å². The second-order valence-electron chi connectivity index (χ2n) is 3.42. The highest BCUT2D eigenvalue weighted by Gasteiger charge is 2.21. The first-order valence-electron chi connectivity index (χ1n) is 4.71. The van der Waals surface area contributed by atoms with Gasteiger partial charge in [0.2, 0.25) is 0 Å². The van der Waals surface area contributed by atoms with Crippen molar-refractivity contribution in [2.45, 2.75) is 0 Å². The molecule has 0 aromatic heterocycles. The molecule has 0 unspecified atom stereocenters. The number of hydrogen-bond donors (Lipinski definition) is 2. The van der Waals surface area contributed by atoms with Crippen LogP contribution in [-0.2, 0) is 9.53 Å². The van der Waals surface area contributed by atoms with Gasteiger partial charge in [0.05, 0.1) is 18.0 Å². The Hall–Kier alpha value is -1.75. The first kappa shape index (κ1) is 9.79. The maximum Gasteiger partial charge on any atom is 0.253 e. The van der Waals surface area contributed by atoms with Crippen molar-refractivity contribution >= 4 is 23.0 Å². The van der Waals surface area contributed by atoms with Crippen LogP contribution in [-0.4, -0.2) is 25.7 Å². The van der Waals surface area contributed by atoms with Crippen LogP contribution < -0.4 is 16.4 Å². The molecule has 2 rings (SSSR count). The highest BCUT2D eigenvalue weighted by atomic mass is 16.5. The van der Waals surface area contributed by atoms with Crippen LogP contribution in [0.1, 0.15) is 0 Å². The summed E-state index contributed by atoms with van der Waals surface area (Å²) in [7, 11) is 0. The molecule has 1 saturated heterocycles. The lowest BCUT2D eigenvalue weighted by atomic mass is 10.2. The molecule has 4 N–H and O–H groups in total. The summed E-state index contributed by atoms with van der Waals surface area (Å²) >= 11 is 0. The Morgan fingerprint density at radius 2 is 2.13 bits per heavy atom. The number of anilines is 3. The van der Waals surface area contributed by atoms with E-state index in [1.54, 1.807) is 23.1 Å². The molecule has 0 spiro atoms. The van der Waals surface area contributed by atoms with Gasteiger partial charge in [-0.05, 0) is 18.2 Å². The van der Waals surface area contributed by atoms with Gasteiger partial charge < -0.3 is 21.1 Å². The lowest BCUT2D eigenvalue weighted by molar-refractivity contribution is -0.125. The third-order valence-electron chi connectivity index (χ3n) is 2.33. The molecule has 1 aromatic carbocycles. The van der Waals surface area contributed by atoms with Gasteiger partial charge in [0.1, 0.15) is 6.61 Å². The normalized spacial score (nSPS) is 16.8. The number of morpholine rings is 1. The summed E-state index contributed by atoms with van der Waals surface area (Å²) in [5.41, 5.74) is 13.2. The standard InChI is InChI=1S/C10H13N3O2/c11-7-1-2-9(8(12)5-7)13-3-4-15-6-10(13)14/h1-2,5H,3-4,6,11-12H2. The van der Waals surface area contributed by atoms with Crippen molar-refractivity contribution in [1.29, 1.82) is 0 Å². The summed E-state index contributed by atoms with van der Waals surface area (Å²) in [6, 6.07) is 5.14. The molecule has 15 heavy (non-hydrogen) atoms. The van der Waals surface area contributed by atoms with Gasteiger partial charge in [-0.1, -0.05) is 0 Å². The molecule has 0 aliphatic carbocycles. The molecule has 80 valence electrons. The lowest BCUT2D eigenvalue weighted by Gasteiger charge is -2.27. The smallest absolute Gasteiger partial charge is 0.253 e. The van der Waals surface area contributed by atoms with E-state index in [0.29, 0.717) is 30.2 Å². The first-order valence-corrected chi connectivity index (χ1v) is 4.71. The van der Waals surface area contributed by atoms with E-state index in [-0.39, 0.29) is 12.5 Å². The fraction of sp³-hybridized carbons (Fsp3) is 0.300. The minimum absolute atomic E-state index is 0.0716. The van der Waals surface area contributed by atoms with Crippen molar-refractivity contribution in [2.24, 2.45) is 0 Å². The Labute approximate surface area is 87.6 Å². The molecule has 0 saturated carbocycles. The molecule has 0 radical (unpaired) electrons. The molecular weight excluding hydrogens is 194 g/mol. The summed E-state index contributed by atoms with van der Waals surface area (Å²) in [5.74, 6) is -0.0716. The number of benzene rings is 1. The fourth-order valence-corrected chi connectivity index (χ4v) is 1.59. The maximum absolute atomic E-state index is 11.5. The van der Waals surface area contributed by atoms with E-state index in [4.69, 9.17) is 16.2 Å². The predicted octanol–water partition coefficient (Wildman–Crippen LogP) is 0.214. The maximum atomic E-state index is 11.5. The Kier molecular flexibility index (Phi) is 2.47. The Balaban J connectivity index is 2.31. The molecule has 1 amide bonds. The number of nitrogens with zero attached hydrogens (tertiary/aromatic N) is 1. The van der Waals surface area contributed by atoms with Gasteiger partial charge in [0.15, 0.2) is 0 Å². The van der Waals surface area contributed by atoms with Crippen molar-refractivity contribution < 1.29 is 9.53 Å². The molecular formula is C10H13N3O2. The van der Waals surface area contributed by atoms with Crippen LogP contribution in [0, 0.1) is 0 Å². The Morgan fingerprint density at radius 3 is 2.80 bits per heavy atom. The molecule has 5 nitrogen and oxygen atoms in total. The molecule has 0 bridgehead atoms. The largest absolute Gasteiger partial charge is 0.399 e. The van der Waals surface area contributed by atoms with Gasteiger partial charge >= 0.3 is 0 Å². The van der Waals surface area contributed by atoms with Crippen LogP contribution >= 0.6 is 0 Å². The van der Waals surface area contributed by atoms with E-state index in [1.165, 1.54) is 0 Å². The predicted molar refractivity (Wildman–Crippen MR) is 58.4 cm³/mol. The van der Waals surface area contributed by atoms with Gasteiger partial charge in [-0.15, -0.1) is 0 Å². The fourth-order valence-electron chi connectivity index (χ4n) is 1.59. The van der Waals surface area contributed by atoms with Crippen LogP contribution in [0.3, 0.4) is 0 Å². The van der Waals surface area contributed by atoms with E-state index in [0.717, 1.165) is 0 Å². The van der Waals surface area contributed by atoms with Crippen LogP contribution in [0.15, 0.2) is 18.2 Å². The topological polar surface area (TPSA) is 81.6 Å². The monoisotopic (exact) mass is 207 g/mol. The molecule has 1 aromatic rings. The molecule has 0 atom stereocenters. The zero-order valence-corrected chi connectivity index (χ0v) is 8.27. The van der Waals surface area contributed by atoms with E-state index in [1.807, 2.05) is 0 Å². The van der Waals surface area contributed by atoms with Crippen molar-refractivity contribution in [3.63, 3.8) is 0 Å². The lowest BCUT2D eigenvalue weighted by Crippen LogP contribution is -2.42. The second-order valence-corrected chi connectivity index (χ2v) is 3.42. The summed E-state index contributed by atoms with van der Waals surface area (Å²) in [5, 5.41) is 0. The van der Waals surface area contributed by atoms with E-state index in [2.05, 4.69) is 0 Å². The summed E-state index contributed by atoms with van der Waals surface area (Å²) in [4.78, 5) is 13.2. The van der Waals surface area contributed by atoms with Crippen molar-refractivity contribution in [3.8, 4) is 0 Å². The molecule has 1 heterocycles. The van der Waals surface area contributed by atoms with E-state index in [9.17, 15) is 4.79 Å². The average Bonchev–Trinajstić information content (AvgIpc) is 2.20. The Bertz CT molecular complexity index is 392. The minimum Gasteiger partial charge on any atom is -0.399 e. The zero-order valence-electron chi connectivity index (χ0n) is 8.27. The summed E-state index contributed by atoms with van der Waals surface area (Å²) in [6.45, 7) is 1.19. The number of rotatable bonds is 1.